The van der Waals surface area contributed by atoms with Gasteiger partial charge in [0.1, 0.15) is 17.4 Å². The van der Waals surface area contributed by atoms with Crippen LogP contribution in [0.25, 0.3) is 0 Å². The van der Waals surface area contributed by atoms with Crippen LogP contribution in [0, 0.1) is 11.6 Å². The van der Waals surface area contributed by atoms with E-state index in [-0.39, 0.29) is 25.2 Å². The van der Waals surface area contributed by atoms with E-state index in [4.69, 9.17) is 4.74 Å². The molecule has 1 aliphatic carbocycles. The normalized spacial score (nSPS) is 20.7. The number of carbonyl (C=O) groups is 3. The molecule has 178 valence electrons. The van der Waals surface area contributed by atoms with Crippen LogP contribution in [-0.4, -0.2) is 24.4 Å². The predicted molar refractivity (Wildman–Crippen MR) is 125 cm³/mol. The fourth-order valence-electron chi connectivity index (χ4n) is 5.73. The van der Waals surface area contributed by atoms with Crippen molar-refractivity contribution < 1.29 is 27.9 Å². The molecule has 5 rings (SSSR count). The minimum Gasteiger partial charge on any atom is -0.449 e. The number of hydrogen-bond acceptors (Lipinski definition) is 4. The van der Waals surface area contributed by atoms with Crippen molar-refractivity contribution in [2.45, 2.75) is 37.0 Å². The first-order chi connectivity index (χ1) is 16.9. The molecule has 1 aliphatic heterocycles. The van der Waals surface area contributed by atoms with Gasteiger partial charge in [-0.25, -0.2) is 18.5 Å². The summed E-state index contributed by atoms with van der Waals surface area (Å²) in [5.41, 5.74) is 0.854. The van der Waals surface area contributed by atoms with Crippen molar-refractivity contribution in [3.8, 4) is 0 Å². The third-order valence-electron chi connectivity index (χ3n) is 7.11. The van der Waals surface area contributed by atoms with E-state index in [0.717, 1.165) is 4.90 Å². The summed E-state index contributed by atoms with van der Waals surface area (Å²) in [5, 5.41) is 0. The highest BCUT2D eigenvalue weighted by molar-refractivity contribution is 6.22. The van der Waals surface area contributed by atoms with Gasteiger partial charge >= 0.3 is 6.09 Å². The molecule has 0 radical (unpaired) electrons. The van der Waals surface area contributed by atoms with Gasteiger partial charge < -0.3 is 4.74 Å². The van der Waals surface area contributed by atoms with Crippen LogP contribution in [0.2, 0.25) is 0 Å². The Hall–Kier alpha value is -3.87. The summed E-state index contributed by atoms with van der Waals surface area (Å²) in [6.45, 7) is 1.74. The molecule has 1 fully saturated rings. The average molecular weight is 475 g/mol. The lowest BCUT2D eigenvalue weighted by molar-refractivity contribution is -0.130. The SMILES string of the molecule is CCOC(=O)N1C(=O)C2(c3ccccc31)[C@H](c1ccc(F)cc1)CC(=O)C[C@H]2c1ccc(F)cc1. The van der Waals surface area contributed by atoms with Gasteiger partial charge in [0.05, 0.1) is 17.7 Å². The molecule has 1 saturated carbocycles. The number of imide groups is 1. The molecule has 3 aromatic carbocycles. The average Bonchev–Trinajstić information content (AvgIpc) is 3.10. The summed E-state index contributed by atoms with van der Waals surface area (Å²) in [7, 11) is 0. The molecular formula is C28H23F2NO4. The summed E-state index contributed by atoms with van der Waals surface area (Å²) in [6.07, 6.45) is -0.713. The lowest BCUT2D eigenvalue weighted by Crippen LogP contribution is -2.53. The molecule has 2 atom stereocenters. The number of para-hydroxylation sites is 1. The lowest BCUT2D eigenvalue weighted by atomic mass is 9.54. The largest absolute Gasteiger partial charge is 0.449 e. The molecule has 0 unspecified atom stereocenters. The lowest BCUT2D eigenvalue weighted by Gasteiger charge is -2.46. The van der Waals surface area contributed by atoms with Crippen LogP contribution in [-0.2, 0) is 19.7 Å². The van der Waals surface area contributed by atoms with E-state index < -0.39 is 40.9 Å². The van der Waals surface area contributed by atoms with Crippen molar-refractivity contribution in [3.05, 3.63) is 101 Å². The Morgan fingerprint density at radius 2 is 1.40 bits per heavy atom. The minimum atomic E-state index is -1.35. The second kappa shape index (κ2) is 8.73. The van der Waals surface area contributed by atoms with Crippen LogP contribution in [0.3, 0.4) is 0 Å². The maximum absolute atomic E-state index is 14.4. The van der Waals surface area contributed by atoms with E-state index in [1.807, 2.05) is 0 Å². The Bertz CT molecular complexity index is 1250. The van der Waals surface area contributed by atoms with Crippen molar-refractivity contribution >= 4 is 23.5 Å². The van der Waals surface area contributed by atoms with Gasteiger partial charge in [-0.15, -0.1) is 0 Å². The highest BCUT2D eigenvalue weighted by atomic mass is 19.1. The van der Waals surface area contributed by atoms with Gasteiger partial charge in [0.15, 0.2) is 0 Å². The van der Waals surface area contributed by atoms with Crippen LogP contribution in [0.1, 0.15) is 48.3 Å². The molecule has 2 amide bonds. The summed E-state index contributed by atoms with van der Waals surface area (Å²) in [5.74, 6) is -2.80. The van der Waals surface area contributed by atoms with E-state index in [1.54, 1.807) is 55.5 Å². The molecule has 5 nitrogen and oxygen atoms in total. The second-order valence-corrected chi connectivity index (χ2v) is 8.88. The predicted octanol–water partition coefficient (Wildman–Crippen LogP) is 5.64. The van der Waals surface area contributed by atoms with E-state index in [1.165, 1.54) is 24.3 Å². The van der Waals surface area contributed by atoms with Gasteiger partial charge in [0, 0.05) is 24.7 Å². The zero-order chi connectivity index (χ0) is 24.7. The van der Waals surface area contributed by atoms with Crippen molar-refractivity contribution in [2.75, 3.05) is 11.5 Å². The summed E-state index contributed by atoms with van der Waals surface area (Å²) in [6, 6.07) is 18.5. The number of Topliss-reactive ketones (excluding diaryl/α,β-unsaturated/α-hetero) is 1. The standard InChI is InChI=1S/C28H23F2NO4/c1-2-35-27(34)31-25-6-4-3-5-22(25)28(26(31)33)23(17-7-11-19(29)12-8-17)15-21(32)16-24(28)18-9-13-20(30)14-10-18/h3-14,23-24H,2,15-16H2,1H3/t23-,24-/m0/s1. The Morgan fingerprint density at radius 1 is 0.886 bits per heavy atom. The molecule has 0 saturated heterocycles. The number of ether oxygens (including phenoxy) is 1. The van der Waals surface area contributed by atoms with Crippen LogP contribution < -0.4 is 4.90 Å². The van der Waals surface area contributed by atoms with Crippen LogP contribution in [0.4, 0.5) is 19.3 Å². The smallest absolute Gasteiger partial charge is 0.421 e. The first-order valence-corrected chi connectivity index (χ1v) is 11.5. The Labute approximate surface area is 201 Å². The number of anilines is 1. The summed E-state index contributed by atoms with van der Waals surface area (Å²) < 4.78 is 32.8. The summed E-state index contributed by atoms with van der Waals surface area (Å²) >= 11 is 0. The second-order valence-electron chi connectivity index (χ2n) is 8.88. The van der Waals surface area contributed by atoms with E-state index in [9.17, 15) is 23.2 Å². The number of ketones is 1. The zero-order valence-corrected chi connectivity index (χ0v) is 19.0. The fourth-order valence-corrected chi connectivity index (χ4v) is 5.73. The van der Waals surface area contributed by atoms with Gasteiger partial charge in [-0.2, -0.15) is 0 Å². The first kappa shape index (κ1) is 22.9. The van der Waals surface area contributed by atoms with Gasteiger partial charge in [0.2, 0.25) is 5.91 Å². The van der Waals surface area contributed by atoms with Gasteiger partial charge in [-0.3, -0.25) is 9.59 Å². The third kappa shape index (κ3) is 3.53. The minimum absolute atomic E-state index is 0.0417. The highest BCUT2D eigenvalue weighted by Crippen LogP contribution is 2.61. The van der Waals surface area contributed by atoms with Crippen molar-refractivity contribution in [1.29, 1.82) is 0 Å². The van der Waals surface area contributed by atoms with Crippen molar-refractivity contribution in [3.63, 3.8) is 0 Å². The number of halogens is 2. The number of rotatable bonds is 3. The van der Waals surface area contributed by atoms with Crippen LogP contribution in [0.5, 0.6) is 0 Å². The monoisotopic (exact) mass is 475 g/mol. The molecule has 3 aromatic rings. The Kier molecular flexibility index (Phi) is 5.71. The first-order valence-electron chi connectivity index (χ1n) is 11.5. The summed E-state index contributed by atoms with van der Waals surface area (Å²) in [4.78, 5) is 41.6. The van der Waals surface area contributed by atoms with Crippen LogP contribution >= 0.6 is 0 Å². The van der Waals surface area contributed by atoms with Crippen LogP contribution in [0.15, 0.2) is 72.8 Å². The number of fused-ring (bicyclic) bond motifs is 2. The highest BCUT2D eigenvalue weighted by Gasteiger charge is 2.64. The van der Waals surface area contributed by atoms with Gasteiger partial charge in [-0.1, -0.05) is 42.5 Å². The topological polar surface area (TPSA) is 63.7 Å². The molecule has 1 spiro atoms. The van der Waals surface area contributed by atoms with E-state index >= 15 is 0 Å². The van der Waals surface area contributed by atoms with E-state index in [2.05, 4.69) is 0 Å². The number of amides is 2. The third-order valence-corrected chi connectivity index (χ3v) is 7.11. The van der Waals surface area contributed by atoms with Crippen molar-refractivity contribution in [1.82, 2.24) is 0 Å². The van der Waals surface area contributed by atoms with E-state index in [0.29, 0.717) is 22.4 Å². The number of hydrogen-bond donors (Lipinski definition) is 0. The molecular weight excluding hydrogens is 452 g/mol. The number of carbonyl (C=O) groups excluding carboxylic acids is 3. The number of benzene rings is 3. The van der Waals surface area contributed by atoms with Crippen molar-refractivity contribution in [2.24, 2.45) is 0 Å². The maximum atomic E-state index is 14.4. The Morgan fingerprint density at radius 3 is 1.91 bits per heavy atom. The molecule has 7 heteroatoms. The van der Waals surface area contributed by atoms with Gasteiger partial charge in [0.25, 0.3) is 0 Å². The zero-order valence-electron chi connectivity index (χ0n) is 19.0. The molecule has 0 N–H and O–H groups in total. The Balaban J connectivity index is 1.80. The molecule has 35 heavy (non-hydrogen) atoms. The fraction of sp³-hybridized carbons (Fsp3) is 0.250. The van der Waals surface area contributed by atoms with Gasteiger partial charge in [-0.05, 0) is 53.9 Å². The quantitative estimate of drug-likeness (QED) is 0.492. The maximum Gasteiger partial charge on any atom is 0.421 e. The number of nitrogens with zero attached hydrogens (tertiary/aromatic N) is 1. The molecule has 2 aliphatic rings. The molecule has 0 aromatic heterocycles. The molecule has 0 bridgehead atoms. The molecule has 1 heterocycles.